The molecular weight excluding hydrogens is 224 g/mol. The van der Waals surface area contributed by atoms with Crippen LogP contribution in [0.3, 0.4) is 0 Å². The Balaban J connectivity index is 2.08. The van der Waals surface area contributed by atoms with Gasteiger partial charge in [-0.15, -0.1) is 0 Å². The third kappa shape index (κ3) is 3.60. The maximum atomic E-state index is 11.6. The number of ether oxygens (including phenoxy) is 1. The lowest BCUT2D eigenvalue weighted by atomic mass is 9.77. The van der Waals surface area contributed by atoms with Gasteiger partial charge in [0.05, 0.1) is 0 Å². The van der Waals surface area contributed by atoms with Gasteiger partial charge in [0, 0.05) is 6.08 Å². The summed E-state index contributed by atoms with van der Waals surface area (Å²) >= 11 is 0. The van der Waals surface area contributed by atoms with Crippen molar-refractivity contribution >= 4 is 5.97 Å². The Morgan fingerprint density at radius 2 is 1.61 bits per heavy atom. The summed E-state index contributed by atoms with van der Waals surface area (Å²) in [7, 11) is 0. The number of fused-ring (bicyclic) bond motifs is 8. The summed E-state index contributed by atoms with van der Waals surface area (Å²) in [5.41, 5.74) is -0.173. The molecule has 0 unspecified atom stereocenters. The van der Waals surface area contributed by atoms with Gasteiger partial charge in [0.15, 0.2) is 0 Å². The van der Waals surface area contributed by atoms with Crippen molar-refractivity contribution in [2.45, 2.75) is 76.2 Å². The molecule has 0 N–H and O–H groups in total. The Bertz CT molecular complexity index is 280. The van der Waals surface area contributed by atoms with E-state index >= 15 is 0 Å². The van der Waals surface area contributed by atoms with E-state index in [2.05, 4.69) is 6.58 Å². The Labute approximate surface area is 111 Å². The highest BCUT2D eigenvalue weighted by Crippen LogP contribution is 2.38. The molecule has 102 valence electrons. The highest BCUT2D eigenvalue weighted by atomic mass is 16.6. The van der Waals surface area contributed by atoms with E-state index in [4.69, 9.17) is 4.74 Å². The molecule has 0 aliphatic heterocycles. The molecule has 3 rings (SSSR count). The fraction of sp³-hybridized carbons (Fsp3) is 0.812. The molecule has 2 heteroatoms. The molecule has 0 spiro atoms. The molecule has 3 aliphatic rings. The molecule has 0 amide bonds. The summed E-state index contributed by atoms with van der Waals surface area (Å²) < 4.78 is 5.77. The summed E-state index contributed by atoms with van der Waals surface area (Å²) in [6, 6.07) is 0. The summed E-state index contributed by atoms with van der Waals surface area (Å²) in [6.07, 6.45) is 14.8. The number of carbonyl (C=O) groups is 1. The van der Waals surface area contributed by atoms with Crippen LogP contribution in [0.15, 0.2) is 12.7 Å². The van der Waals surface area contributed by atoms with Crippen LogP contribution in [-0.2, 0) is 9.53 Å². The van der Waals surface area contributed by atoms with Gasteiger partial charge in [0.25, 0.3) is 0 Å². The van der Waals surface area contributed by atoms with Crippen molar-refractivity contribution in [3.05, 3.63) is 12.7 Å². The van der Waals surface area contributed by atoms with Crippen LogP contribution in [0.2, 0.25) is 0 Å². The van der Waals surface area contributed by atoms with Gasteiger partial charge in [0.1, 0.15) is 5.60 Å². The minimum Gasteiger partial charge on any atom is -0.456 e. The minimum absolute atomic E-state index is 0.173. The van der Waals surface area contributed by atoms with E-state index in [1.807, 2.05) is 0 Å². The van der Waals surface area contributed by atoms with Crippen molar-refractivity contribution in [2.24, 2.45) is 5.92 Å². The smallest absolute Gasteiger partial charge is 0.330 e. The number of hydrogen-bond donors (Lipinski definition) is 0. The molecule has 0 aromatic rings. The number of rotatable bonds is 2. The first-order valence-corrected chi connectivity index (χ1v) is 7.59. The number of carbonyl (C=O) groups excluding carboxylic acids is 1. The maximum Gasteiger partial charge on any atom is 0.330 e. The topological polar surface area (TPSA) is 26.3 Å². The van der Waals surface area contributed by atoms with E-state index < -0.39 is 0 Å². The molecule has 0 aromatic carbocycles. The van der Waals surface area contributed by atoms with Gasteiger partial charge in [-0.1, -0.05) is 38.7 Å². The molecule has 2 nitrogen and oxygen atoms in total. The predicted molar refractivity (Wildman–Crippen MR) is 73.3 cm³/mol. The lowest BCUT2D eigenvalue weighted by molar-refractivity contribution is -0.157. The lowest BCUT2D eigenvalue weighted by Gasteiger charge is -2.37. The van der Waals surface area contributed by atoms with Crippen molar-refractivity contribution in [3.63, 3.8) is 0 Å². The molecule has 3 fully saturated rings. The normalized spacial score (nSPS) is 33.4. The molecular formula is C16H26O2. The second-order valence-corrected chi connectivity index (χ2v) is 6.06. The van der Waals surface area contributed by atoms with Crippen LogP contribution in [0.4, 0.5) is 0 Å². The third-order valence-electron chi connectivity index (χ3n) is 4.72. The second-order valence-electron chi connectivity index (χ2n) is 6.06. The second kappa shape index (κ2) is 6.40. The molecule has 0 radical (unpaired) electrons. The SMILES string of the molecule is C=CC(=O)OC12CCCCCC(CCC1)CCC2. The lowest BCUT2D eigenvalue weighted by Crippen LogP contribution is -2.36. The fourth-order valence-electron chi connectivity index (χ4n) is 3.70. The predicted octanol–water partition coefficient (Wildman–Crippen LogP) is 4.39. The molecule has 18 heavy (non-hydrogen) atoms. The van der Waals surface area contributed by atoms with Crippen LogP contribution in [-0.4, -0.2) is 11.6 Å². The van der Waals surface area contributed by atoms with Crippen molar-refractivity contribution < 1.29 is 9.53 Å². The molecule has 3 aliphatic carbocycles. The Morgan fingerprint density at radius 1 is 1.00 bits per heavy atom. The molecule has 3 saturated carbocycles. The van der Waals surface area contributed by atoms with Gasteiger partial charge < -0.3 is 4.74 Å². The highest BCUT2D eigenvalue weighted by Gasteiger charge is 2.34. The summed E-state index contributed by atoms with van der Waals surface area (Å²) in [5.74, 6) is 0.695. The van der Waals surface area contributed by atoms with E-state index in [0.717, 1.165) is 25.2 Å². The first-order valence-electron chi connectivity index (χ1n) is 7.59. The van der Waals surface area contributed by atoms with Crippen LogP contribution >= 0.6 is 0 Å². The Morgan fingerprint density at radius 3 is 2.28 bits per heavy atom. The fourth-order valence-corrected chi connectivity index (χ4v) is 3.70. The minimum atomic E-state index is -0.232. The molecule has 0 aromatic heterocycles. The quantitative estimate of drug-likeness (QED) is 0.536. The first kappa shape index (κ1) is 13.6. The zero-order valence-corrected chi connectivity index (χ0v) is 11.5. The van der Waals surface area contributed by atoms with Crippen molar-refractivity contribution in [1.82, 2.24) is 0 Å². The van der Waals surface area contributed by atoms with E-state index in [-0.39, 0.29) is 11.6 Å². The van der Waals surface area contributed by atoms with E-state index in [0.29, 0.717) is 0 Å². The number of hydrogen-bond acceptors (Lipinski definition) is 2. The average molecular weight is 250 g/mol. The first-order chi connectivity index (χ1) is 8.74. The Kier molecular flexibility index (Phi) is 4.85. The molecule has 2 bridgehead atoms. The van der Waals surface area contributed by atoms with Gasteiger partial charge in [-0.05, 0) is 44.4 Å². The van der Waals surface area contributed by atoms with Crippen molar-refractivity contribution in [1.29, 1.82) is 0 Å². The van der Waals surface area contributed by atoms with Crippen LogP contribution < -0.4 is 0 Å². The third-order valence-corrected chi connectivity index (χ3v) is 4.72. The number of esters is 1. The Hall–Kier alpha value is -0.790. The van der Waals surface area contributed by atoms with Crippen LogP contribution in [0.1, 0.15) is 70.6 Å². The van der Waals surface area contributed by atoms with Crippen LogP contribution in [0.25, 0.3) is 0 Å². The largest absolute Gasteiger partial charge is 0.456 e. The van der Waals surface area contributed by atoms with Crippen LogP contribution in [0.5, 0.6) is 0 Å². The maximum absolute atomic E-state index is 11.6. The standard InChI is InChI=1S/C16H26O2/c1-2-15(17)18-16-11-5-3-4-8-14(9-6-12-16)10-7-13-16/h2,14H,1,3-13H2. The van der Waals surface area contributed by atoms with Crippen molar-refractivity contribution in [2.75, 3.05) is 0 Å². The van der Waals surface area contributed by atoms with Gasteiger partial charge in [-0.25, -0.2) is 4.79 Å². The highest BCUT2D eigenvalue weighted by molar-refractivity contribution is 5.81. The van der Waals surface area contributed by atoms with E-state index in [9.17, 15) is 4.79 Å². The summed E-state index contributed by atoms with van der Waals surface area (Å²) in [4.78, 5) is 11.6. The van der Waals surface area contributed by atoms with Gasteiger partial charge in [-0.3, -0.25) is 0 Å². The van der Waals surface area contributed by atoms with Gasteiger partial charge >= 0.3 is 5.97 Å². The molecule has 0 atom stereocenters. The summed E-state index contributed by atoms with van der Waals surface area (Å²) in [5, 5.41) is 0. The van der Waals surface area contributed by atoms with Crippen molar-refractivity contribution in [3.8, 4) is 0 Å². The molecule has 0 saturated heterocycles. The zero-order valence-electron chi connectivity index (χ0n) is 11.5. The zero-order chi connectivity index (χ0) is 12.8. The van der Waals surface area contributed by atoms with E-state index in [1.54, 1.807) is 0 Å². The average Bonchev–Trinajstić information content (AvgIpc) is 2.36. The summed E-state index contributed by atoms with van der Waals surface area (Å²) in [6.45, 7) is 3.53. The van der Waals surface area contributed by atoms with Crippen LogP contribution in [0, 0.1) is 5.92 Å². The van der Waals surface area contributed by atoms with E-state index in [1.165, 1.54) is 57.4 Å². The molecule has 0 heterocycles. The van der Waals surface area contributed by atoms with Gasteiger partial charge in [-0.2, -0.15) is 0 Å². The van der Waals surface area contributed by atoms with Gasteiger partial charge in [0.2, 0.25) is 0 Å². The monoisotopic (exact) mass is 250 g/mol.